The van der Waals surface area contributed by atoms with Crippen molar-refractivity contribution in [2.24, 2.45) is 10.9 Å². The molecule has 2 saturated heterocycles. The zero-order valence-electron chi connectivity index (χ0n) is 16.3. The molecule has 2 fully saturated rings. The van der Waals surface area contributed by atoms with Gasteiger partial charge in [-0.25, -0.2) is 0 Å². The molecule has 0 radical (unpaired) electrons. The molecule has 2 aliphatic rings. The first kappa shape index (κ1) is 18.8. The van der Waals surface area contributed by atoms with Crippen LogP contribution in [-0.4, -0.2) is 58.5 Å². The minimum absolute atomic E-state index is 0.0638. The van der Waals surface area contributed by atoms with E-state index in [1.807, 2.05) is 19.2 Å². The van der Waals surface area contributed by atoms with Gasteiger partial charge in [-0.3, -0.25) is 4.99 Å². The smallest absolute Gasteiger partial charge is 0.191 e. The number of benzene rings is 1. The standard InChI is InChI=1S/C20H32N4O2/c1-20(10-6-12-26-20)15-23-19(21-2)22-13-16-9-11-24(14-16)17-7-4-5-8-18(17)25-3/h4-5,7-8,16H,6,9-15H2,1-3H3,(H2,21,22,23). The van der Waals surface area contributed by atoms with Crippen molar-refractivity contribution in [1.29, 1.82) is 0 Å². The SMILES string of the molecule is CN=C(NCC1CCN(c2ccccc2OC)C1)NCC1(C)CCCO1. The largest absolute Gasteiger partial charge is 0.495 e. The van der Waals surface area contributed by atoms with E-state index < -0.39 is 0 Å². The van der Waals surface area contributed by atoms with Gasteiger partial charge < -0.3 is 25.0 Å². The molecule has 2 heterocycles. The number of hydrogen-bond acceptors (Lipinski definition) is 4. The topological polar surface area (TPSA) is 58.1 Å². The number of methoxy groups -OCH3 is 1. The number of anilines is 1. The van der Waals surface area contributed by atoms with Crippen molar-refractivity contribution < 1.29 is 9.47 Å². The fourth-order valence-electron chi connectivity index (χ4n) is 3.82. The highest BCUT2D eigenvalue weighted by Crippen LogP contribution is 2.31. The molecule has 2 atom stereocenters. The number of aliphatic imine (C=N–C) groups is 1. The van der Waals surface area contributed by atoms with Crippen molar-refractivity contribution in [3.8, 4) is 5.75 Å². The van der Waals surface area contributed by atoms with Gasteiger partial charge in [0.25, 0.3) is 0 Å². The summed E-state index contributed by atoms with van der Waals surface area (Å²) in [5.74, 6) is 2.40. The van der Waals surface area contributed by atoms with E-state index in [1.54, 1.807) is 7.11 Å². The van der Waals surface area contributed by atoms with E-state index in [2.05, 4.69) is 39.6 Å². The normalized spacial score (nSPS) is 26.2. The zero-order valence-corrected chi connectivity index (χ0v) is 16.3. The monoisotopic (exact) mass is 360 g/mol. The molecule has 3 rings (SSSR count). The maximum absolute atomic E-state index is 5.83. The summed E-state index contributed by atoms with van der Waals surface area (Å²) in [7, 11) is 3.56. The van der Waals surface area contributed by atoms with Gasteiger partial charge in [0.15, 0.2) is 5.96 Å². The minimum atomic E-state index is -0.0638. The van der Waals surface area contributed by atoms with Crippen molar-refractivity contribution in [2.45, 2.75) is 31.8 Å². The van der Waals surface area contributed by atoms with Crippen LogP contribution in [0.2, 0.25) is 0 Å². The first-order valence-electron chi connectivity index (χ1n) is 9.60. The van der Waals surface area contributed by atoms with Crippen LogP contribution in [-0.2, 0) is 4.74 Å². The third-order valence-electron chi connectivity index (χ3n) is 5.42. The van der Waals surface area contributed by atoms with Gasteiger partial charge >= 0.3 is 0 Å². The van der Waals surface area contributed by atoms with E-state index in [0.29, 0.717) is 5.92 Å². The van der Waals surface area contributed by atoms with Crippen LogP contribution in [0.5, 0.6) is 5.75 Å². The van der Waals surface area contributed by atoms with Gasteiger partial charge in [0.1, 0.15) is 5.75 Å². The number of para-hydroxylation sites is 2. The number of guanidine groups is 1. The Morgan fingerprint density at radius 2 is 2.23 bits per heavy atom. The summed E-state index contributed by atoms with van der Waals surface area (Å²) in [6, 6.07) is 8.25. The second-order valence-electron chi connectivity index (χ2n) is 7.48. The van der Waals surface area contributed by atoms with Crippen LogP contribution in [0.3, 0.4) is 0 Å². The number of nitrogens with zero attached hydrogens (tertiary/aromatic N) is 2. The highest BCUT2D eigenvalue weighted by molar-refractivity contribution is 5.79. The van der Waals surface area contributed by atoms with Gasteiger partial charge in [-0.2, -0.15) is 0 Å². The summed E-state index contributed by atoms with van der Waals surface area (Å²) >= 11 is 0. The molecule has 6 nitrogen and oxygen atoms in total. The Morgan fingerprint density at radius 1 is 1.38 bits per heavy atom. The molecule has 2 aliphatic heterocycles. The highest BCUT2D eigenvalue weighted by atomic mass is 16.5. The maximum atomic E-state index is 5.83. The summed E-state index contributed by atoms with van der Waals surface area (Å²) < 4.78 is 11.3. The molecular weight excluding hydrogens is 328 g/mol. The van der Waals surface area contributed by atoms with Gasteiger partial charge in [0.2, 0.25) is 0 Å². The first-order valence-corrected chi connectivity index (χ1v) is 9.60. The van der Waals surface area contributed by atoms with Crippen LogP contribution >= 0.6 is 0 Å². The summed E-state index contributed by atoms with van der Waals surface area (Å²) in [4.78, 5) is 6.76. The molecule has 144 valence electrons. The fourth-order valence-corrected chi connectivity index (χ4v) is 3.82. The highest BCUT2D eigenvalue weighted by Gasteiger charge is 2.30. The summed E-state index contributed by atoms with van der Waals surface area (Å²) in [5.41, 5.74) is 1.12. The van der Waals surface area contributed by atoms with Crippen molar-refractivity contribution in [3.63, 3.8) is 0 Å². The van der Waals surface area contributed by atoms with Gasteiger partial charge in [-0.15, -0.1) is 0 Å². The Bertz CT molecular complexity index is 614. The number of hydrogen-bond donors (Lipinski definition) is 2. The van der Waals surface area contributed by atoms with Gasteiger partial charge in [-0.05, 0) is 44.2 Å². The first-order chi connectivity index (χ1) is 12.6. The fraction of sp³-hybridized carbons (Fsp3) is 0.650. The van der Waals surface area contributed by atoms with Crippen molar-refractivity contribution >= 4 is 11.6 Å². The lowest BCUT2D eigenvalue weighted by Crippen LogP contribution is -2.46. The molecule has 26 heavy (non-hydrogen) atoms. The molecular formula is C20H32N4O2. The molecule has 0 aromatic heterocycles. The second kappa shape index (κ2) is 8.62. The summed E-state index contributed by atoms with van der Waals surface area (Å²) in [6.45, 7) is 6.84. The zero-order chi connectivity index (χ0) is 18.4. The lowest BCUT2D eigenvalue weighted by atomic mass is 10.0. The Hall–Kier alpha value is -1.95. The molecule has 1 aromatic rings. The van der Waals surface area contributed by atoms with Crippen molar-refractivity contribution in [2.75, 3.05) is 51.8 Å². The Balaban J connectivity index is 1.46. The average Bonchev–Trinajstić information content (AvgIpc) is 3.31. The Labute approximate surface area is 157 Å². The Kier molecular flexibility index (Phi) is 6.25. The van der Waals surface area contributed by atoms with Gasteiger partial charge in [-0.1, -0.05) is 12.1 Å². The lowest BCUT2D eigenvalue weighted by molar-refractivity contribution is 0.0243. The molecule has 6 heteroatoms. The predicted octanol–water partition coefficient (Wildman–Crippen LogP) is 2.26. The van der Waals surface area contributed by atoms with Crippen LogP contribution < -0.4 is 20.3 Å². The predicted molar refractivity (Wildman–Crippen MR) is 106 cm³/mol. The quantitative estimate of drug-likeness (QED) is 0.602. The third-order valence-corrected chi connectivity index (χ3v) is 5.42. The molecule has 2 N–H and O–H groups in total. The lowest BCUT2D eigenvalue weighted by Gasteiger charge is -2.25. The Morgan fingerprint density at radius 3 is 2.96 bits per heavy atom. The molecule has 0 saturated carbocycles. The van der Waals surface area contributed by atoms with E-state index in [9.17, 15) is 0 Å². The van der Waals surface area contributed by atoms with Crippen LogP contribution in [0.15, 0.2) is 29.3 Å². The minimum Gasteiger partial charge on any atom is -0.495 e. The van der Waals surface area contributed by atoms with Crippen LogP contribution in [0.25, 0.3) is 0 Å². The summed E-state index contributed by atoms with van der Waals surface area (Å²) in [5, 5.41) is 6.90. The summed E-state index contributed by atoms with van der Waals surface area (Å²) in [6.07, 6.45) is 3.42. The molecule has 0 bridgehead atoms. The van der Waals surface area contributed by atoms with Crippen LogP contribution in [0, 0.1) is 5.92 Å². The second-order valence-corrected chi connectivity index (χ2v) is 7.48. The molecule has 2 unspecified atom stereocenters. The number of nitrogens with one attached hydrogen (secondary N) is 2. The van der Waals surface area contributed by atoms with Crippen molar-refractivity contribution in [1.82, 2.24) is 10.6 Å². The van der Waals surface area contributed by atoms with E-state index in [1.165, 1.54) is 12.1 Å². The van der Waals surface area contributed by atoms with Crippen LogP contribution in [0.4, 0.5) is 5.69 Å². The average molecular weight is 361 g/mol. The molecule has 0 amide bonds. The molecule has 0 aliphatic carbocycles. The van der Waals surface area contributed by atoms with Gasteiger partial charge in [0.05, 0.1) is 18.4 Å². The van der Waals surface area contributed by atoms with E-state index >= 15 is 0 Å². The van der Waals surface area contributed by atoms with Crippen LogP contribution in [0.1, 0.15) is 26.2 Å². The van der Waals surface area contributed by atoms with E-state index in [4.69, 9.17) is 9.47 Å². The number of ether oxygens (including phenoxy) is 2. The van der Waals surface area contributed by atoms with Gasteiger partial charge in [0, 0.05) is 39.8 Å². The molecule has 1 aromatic carbocycles. The number of rotatable bonds is 6. The maximum Gasteiger partial charge on any atom is 0.191 e. The van der Waals surface area contributed by atoms with E-state index in [-0.39, 0.29) is 5.60 Å². The molecule has 0 spiro atoms. The third kappa shape index (κ3) is 4.61. The van der Waals surface area contributed by atoms with E-state index in [0.717, 1.165) is 57.3 Å². The van der Waals surface area contributed by atoms with Crippen molar-refractivity contribution in [3.05, 3.63) is 24.3 Å².